The van der Waals surface area contributed by atoms with Crippen molar-refractivity contribution in [2.24, 2.45) is 0 Å². The molecule has 0 atom stereocenters. The topological polar surface area (TPSA) is 32.3 Å². The van der Waals surface area contributed by atoms with Crippen molar-refractivity contribution in [2.45, 2.75) is 57.5 Å². The Labute approximate surface area is 104 Å². The summed E-state index contributed by atoms with van der Waals surface area (Å²) < 4.78 is 0. The summed E-state index contributed by atoms with van der Waals surface area (Å²) in [6, 6.07) is 0.369. The summed E-state index contributed by atoms with van der Waals surface area (Å²) >= 11 is 4.72. The second-order valence-corrected chi connectivity index (χ2v) is 5.12. The normalized spacial score (nSPS) is 19.8. The largest absolute Gasteiger partial charge is 0.321 e. The second-order valence-electron chi connectivity index (χ2n) is 4.89. The fraction of sp³-hybridized carbons (Fsp3) is 0.833. The fourth-order valence-corrected chi connectivity index (χ4v) is 2.67. The van der Waals surface area contributed by atoms with E-state index in [9.17, 15) is 4.79 Å². The predicted octanol–water partition coefficient (Wildman–Crippen LogP) is 2.10. The molecule has 0 aromatic heterocycles. The van der Waals surface area contributed by atoms with Crippen molar-refractivity contribution in [3.63, 3.8) is 0 Å². The summed E-state index contributed by atoms with van der Waals surface area (Å²) in [5.74, 6) is 0.0680. The molecule has 1 rings (SSSR count). The SMILES string of the molecule is CC(C)N(C)C1(C(=O)NC=S)CCCCC1. The Balaban J connectivity index is 2.90. The molecule has 0 aromatic carbocycles. The van der Waals surface area contributed by atoms with Crippen molar-refractivity contribution in [1.82, 2.24) is 10.2 Å². The molecule has 1 aliphatic carbocycles. The first-order chi connectivity index (χ1) is 7.54. The highest BCUT2D eigenvalue weighted by Crippen LogP contribution is 2.34. The van der Waals surface area contributed by atoms with Gasteiger partial charge in [-0.25, -0.2) is 0 Å². The van der Waals surface area contributed by atoms with Crippen LogP contribution in [0, 0.1) is 0 Å². The zero-order chi connectivity index (χ0) is 12.2. The second kappa shape index (κ2) is 5.73. The first-order valence-corrected chi connectivity index (χ1v) is 6.49. The molecule has 0 bridgehead atoms. The summed E-state index contributed by atoms with van der Waals surface area (Å²) in [7, 11) is 2.04. The van der Waals surface area contributed by atoms with Gasteiger partial charge in [0.2, 0.25) is 5.91 Å². The van der Waals surface area contributed by atoms with Crippen LogP contribution >= 0.6 is 12.2 Å². The standard InChI is InChI=1S/C12H22N2OS/c1-10(2)14(3)12(11(15)13-9-16)7-5-4-6-8-12/h9-10H,4-8H2,1-3H3,(H,13,15,16). The molecule has 0 aromatic rings. The van der Waals surface area contributed by atoms with E-state index < -0.39 is 0 Å². The van der Waals surface area contributed by atoms with E-state index in [1.54, 1.807) is 0 Å². The molecule has 0 unspecified atom stereocenters. The van der Waals surface area contributed by atoms with E-state index in [4.69, 9.17) is 12.2 Å². The fourth-order valence-electron chi connectivity index (χ4n) is 2.56. The predicted molar refractivity (Wildman–Crippen MR) is 70.5 cm³/mol. The molecule has 0 spiro atoms. The van der Waals surface area contributed by atoms with Crippen LogP contribution < -0.4 is 5.32 Å². The minimum absolute atomic E-state index is 0.0680. The number of carbonyl (C=O) groups is 1. The molecule has 1 fully saturated rings. The molecule has 0 radical (unpaired) electrons. The number of likely N-dealkylation sites (N-methyl/N-ethyl adjacent to an activating group) is 1. The van der Waals surface area contributed by atoms with Crippen molar-refractivity contribution < 1.29 is 4.79 Å². The molecule has 1 N–H and O–H groups in total. The third-order valence-corrected chi connectivity index (χ3v) is 3.86. The molecule has 4 heteroatoms. The van der Waals surface area contributed by atoms with Crippen molar-refractivity contribution in [3.05, 3.63) is 0 Å². The summed E-state index contributed by atoms with van der Waals surface area (Å²) in [5, 5.41) is 2.70. The summed E-state index contributed by atoms with van der Waals surface area (Å²) in [4.78, 5) is 14.4. The van der Waals surface area contributed by atoms with Crippen LogP contribution in [0.5, 0.6) is 0 Å². The van der Waals surface area contributed by atoms with Gasteiger partial charge >= 0.3 is 0 Å². The van der Waals surface area contributed by atoms with Crippen LogP contribution in [-0.4, -0.2) is 34.9 Å². The average Bonchev–Trinajstić information content (AvgIpc) is 2.29. The lowest BCUT2D eigenvalue weighted by Crippen LogP contribution is -2.60. The number of amides is 1. The average molecular weight is 242 g/mol. The Hall–Kier alpha value is -0.480. The van der Waals surface area contributed by atoms with Gasteiger partial charge in [0, 0.05) is 6.04 Å². The van der Waals surface area contributed by atoms with Crippen molar-refractivity contribution in [2.75, 3.05) is 7.05 Å². The van der Waals surface area contributed by atoms with Crippen LogP contribution in [0.1, 0.15) is 46.0 Å². The maximum Gasteiger partial charge on any atom is 0.245 e. The molecular formula is C12H22N2OS. The van der Waals surface area contributed by atoms with Gasteiger partial charge in [0.25, 0.3) is 0 Å². The van der Waals surface area contributed by atoms with Crippen LogP contribution in [0.4, 0.5) is 0 Å². The first kappa shape index (κ1) is 13.6. The number of nitrogens with one attached hydrogen (secondary N) is 1. The minimum atomic E-state index is -0.346. The van der Waals surface area contributed by atoms with Gasteiger partial charge in [-0.05, 0) is 33.7 Å². The van der Waals surface area contributed by atoms with Gasteiger partial charge in [-0.1, -0.05) is 31.5 Å². The molecule has 1 amide bonds. The third kappa shape index (κ3) is 2.61. The maximum absolute atomic E-state index is 12.2. The van der Waals surface area contributed by atoms with Crippen LogP contribution in [0.15, 0.2) is 0 Å². The minimum Gasteiger partial charge on any atom is -0.321 e. The number of rotatable bonds is 4. The van der Waals surface area contributed by atoms with Gasteiger partial charge in [0.05, 0.1) is 5.49 Å². The van der Waals surface area contributed by atoms with Crippen LogP contribution in [0.25, 0.3) is 0 Å². The van der Waals surface area contributed by atoms with E-state index >= 15 is 0 Å². The van der Waals surface area contributed by atoms with Gasteiger partial charge < -0.3 is 5.32 Å². The Morgan fingerprint density at radius 2 is 1.94 bits per heavy atom. The molecule has 3 nitrogen and oxygen atoms in total. The Bertz CT molecular complexity index is 260. The lowest BCUT2D eigenvalue weighted by Gasteiger charge is -2.44. The Morgan fingerprint density at radius 1 is 1.38 bits per heavy atom. The van der Waals surface area contributed by atoms with E-state index in [2.05, 4.69) is 24.1 Å². The Kier molecular flexibility index (Phi) is 4.87. The zero-order valence-corrected chi connectivity index (χ0v) is 11.3. The van der Waals surface area contributed by atoms with Crippen LogP contribution in [-0.2, 0) is 4.79 Å². The van der Waals surface area contributed by atoms with E-state index in [1.165, 1.54) is 11.9 Å². The number of carbonyl (C=O) groups excluding carboxylic acids is 1. The summed E-state index contributed by atoms with van der Waals surface area (Å²) in [5.41, 5.74) is 0.981. The van der Waals surface area contributed by atoms with E-state index in [0.717, 1.165) is 25.7 Å². The molecular weight excluding hydrogens is 220 g/mol. The van der Waals surface area contributed by atoms with Crippen molar-refractivity contribution in [3.8, 4) is 0 Å². The van der Waals surface area contributed by atoms with Crippen LogP contribution in [0.3, 0.4) is 0 Å². The van der Waals surface area contributed by atoms with E-state index in [0.29, 0.717) is 6.04 Å². The smallest absolute Gasteiger partial charge is 0.245 e. The quantitative estimate of drug-likeness (QED) is 0.766. The highest BCUT2D eigenvalue weighted by Gasteiger charge is 2.43. The number of thiocarbonyl (C=S) groups is 1. The molecule has 1 aliphatic rings. The van der Waals surface area contributed by atoms with Crippen LogP contribution in [0.2, 0.25) is 0 Å². The highest BCUT2D eigenvalue weighted by molar-refractivity contribution is 7.78. The number of hydrogen-bond donors (Lipinski definition) is 1. The molecule has 0 heterocycles. The zero-order valence-electron chi connectivity index (χ0n) is 10.5. The molecule has 1 saturated carbocycles. The van der Waals surface area contributed by atoms with E-state index in [1.807, 2.05) is 7.05 Å². The molecule has 92 valence electrons. The maximum atomic E-state index is 12.2. The van der Waals surface area contributed by atoms with Gasteiger partial charge in [0.1, 0.15) is 5.54 Å². The summed E-state index contributed by atoms with van der Waals surface area (Å²) in [6.07, 6.45) is 5.37. The summed E-state index contributed by atoms with van der Waals surface area (Å²) in [6.45, 7) is 4.25. The Morgan fingerprint density at radius 3 is 2.38 bits per heavy atom. The molecule has 0 aliphatic heterocycles. The van der Waals surface area contributed by atoms with Gasteiger partial charge in [0.15, 0.2) is 0 Å². The number of nitrogens with zero attached hydrogens (tertiary/aromatic N) is 1. The third-order valence-electron chi connectivity index (χ3n) is 3.74. The van der Waals surface area contributed by atoms with E-state index in [-0.39, 0.29) is 11.4 Å². The lowest BCUT2D eigenvalue weighted by molar-refractivity contribution is -0.134. The van der Waals surface area contributed by atoms with Crippen molar-refractivity contribution >= 4 is 23.6 Å². The molecule has 16 heavy (non-hydrogen) atoms. The lowest BCUT2D eigenvalue weighted by atomic mass is 9.79. The van der Waals surface area contributed by atoms with Crippen molar-refractivity contribution in [1.29, 1.82) is 0 Å². The van der Waals surface area contributed by atoms with Gasteiger partial charge in [-0.3, -0.25) is 9.69 Å². The molecule has 0 saturated heterocycles. The highest BCUT2D eigenvalue weighted by atomic mass is 32.1. The van der Waals surface area contributed by atoms with Gasteiger partial charge in [-0.15, -0.1) is 0 Å². The van der Waals surface area contributed by atoms with Gasteiger partial charge in [-0.2, -0.15) is 0 Å². The number of hydrogen-bond acceptors (Lipinski definition) is 3. The monoisotopic (exact) mass is 242 g/mol. The first-order valence-electron chi connectivity index (χ1n) is 6.02.